The van der Waals surface area contributed by atoms with Crippen LogP contribution in [0.2, 0.25) is 0 Å². The van der Waals surface area contributed by atoms with Gasteiger partial charge < -0.3 is 9.84 Å². The first-order valence-electron chi connectivity index (χ1n) is 10.7. The van der Waals surface area contributed by atoms with E-state index >= 15 is 0 Å². The normalized spacial score (nSPS) is 31.4. The van der Waals surface area contributed by atoms with Crippen molar-refractivity contribution in [2.45, 2.75) is 89.6 Å². The Labute approximate surface area is 170 Å². The first-order valence-corrected chi connectivity index (χ1v) is 11.2. The lowest BCUT2D eigenvalue weighted by Gasteiger charge is -2.32. The lowest BCUT2D eigenvalue weighted by Crippen LogP contribution is -2.24. The zero-order chi connectivity index (χ0) is 20.3. The van der Waals surface area contributed by atoms with Crippen molar-refractivity contribution < 1.29 is 19.0 Å². The third kappa shape index (κ3) is 5.33. The zero-order valence-corrected chi connectivity index (χ0v) is 18.4. The molecule has 0 amide bonds. The highest BCUT2D eigenvalue weighted by Gasteiger charge is 2.34. The fourth-order valence-electron chi connectivity index (χ4n) is 4.93. The molecule has 0 bridgehead atoms. The van der Waals surface area contributed by atoms with Crippen LogP contribution < -0.4 is 0 Å². The molecule has 1 fully saturated rings. The standard InChI is InChI=1S/C23H34FO3P/c1-15-16(2)21(8-6-17(15)7-9-22(25)26)27-14-19-4-3-5-20(19)18-10-12-23(24,28)13-11-18/h6,18,21H,3-5,7-14,28H2,1-2H3,(H,25,26). The summed E-state index contributed by atoms with van der Waals surface area (Å²) in [5, 5.41) is 7.86. The van der Waals surface area contributed by atoms with Gasteiger partial charge in [0.15, 0.2) is 0 Å². The minimum atomic E-state index is -1.06. The summed E-state index contributed by atoms with van der Waals surface area (Å²) in [7, 11) is 2.40. The van der Waals surface area contributed by atoms with Gasteiger partial charge >= 0.3 is 5.97 Å². The minimum Gasteiger partial charge on any atom is -0.481 e. The summed E-state index contributed by atoms with van der Waals surface area (Å²) < 4.78 is 20.4. The van der Waals surface area contributed by atoms with Crippen LogP contribution in [0.4, 0.5) is 4.39 Å². The van der Waals surface area contributed by atoms with E-state index in [9.17, 15) is 9.18 Å². The zero-order valence-electron chi connectivity index (χ0n) is 17.2. The number of aliphatic carboxylic acids is 1. The Kier molecular flexibility index (Phi) is 7.15. The van der Waals surface area contributed by atoms with Crippen molar-refractivity contribution in [1.29, 1.82) is 0 Å². The monoisotopic (exact) mass is 408 g/mol. The van der Waals surface area contributed by atoms with E-state index in [1.807, 2.05) is 0 Å². The molecule has 28 heavy (non-hydrogen) atoms. The van der Waals surface area contributed by atoms with Crippen molar-refractivity contribution in [1.82, 2.24) is 0 Å². The quantitative estimate of drug-likeness (QED) is 0.408. The molecule has 2 unspecified atom stereocenters. The second-order valence-electron chi connectivity index (χ2n) is 8.76. The fraction of sp³-hybridized carbons (Fsp3) is 0.696. The molecule has 3 rings (SSSR count). The van der Waals surface area contributed by atoms with E-state index in [4.69, 9.17) is 9.84 Å². The average Bonchev–Trinajstić information content (AvgIpc) is 3.10. The smallest absolute Gasteiger partial charge is 0.303 e. The second kappa shape index (κ2) is 9.22. The lowest BCUT2D eigenvalue weighted by molar-refractivity contribution is -0.136. The summed E-state index contributed by atoms with van der Waals surface area (Å²) in [6, 6.07) is 0. The van der Waals surface area contributed by atoms with Crippen molar-refractivity contribution in [3.63, 3.8) is 0 Å². The molecule has 0 spiro atoms. The number of carbonyl (C=O) groups is 1. The third-order valence-electron chi connectivity index (χ3n) is 6.89. The highest BCUT2D eigenvalue weighted by Crippen LogP contribution is 2.45. The Hall–Kier alpha value is -0.990. The molecule has 0 aromatic carbocycles. The number of hydrogen-bond donors (Lipinski definition) is 1. The molecule has 5 heteroatoms. The molecule has 0 heterocycles. The fourth-order valence-corrected chi connectivity index (χ4v) is 5.27. The molecule has 0 aromatic heterocycles. The number of carboxylic acid groups (broad SMARTS) is 1. The SMILES string of the molecule is CC1=C(C)C(OCC2=C(C3CCC(F)(P)CC3)CCC2)CC=C1CCC(=O)O. The van der Waals surface area contributed by atoms with E-state index < -0.39 is 11.4 Å². The molecule has 0 aliphatic heterocycles. The third-order valence-corrected chi connectivity index (χ3v) is 7.47. The Balaban J connectivity index is 1.58. The molecule has 0 radical (unpaired) electrons. The molecule has 0 saturated heterocycles. The molecule has 3 nitrogen and oxygen atoms in total. The van der Waals surface area contributed by atoms with E-state index in [0.29, 0.717) is 31.8 Å². The lowest BCUT2D eigenvalue weighted by atomic mass is 9.81. The van der Waals surface area contributed by atoms with Gasteiger partial charge in [-0.2, -0.15) is 0 Å². The number of hydrogen-bond acceptors (Lipinski definition) is 2. The number of alkyl halides is 1. The van der Waals surface area contributed by atoms with Crippen LogP contribution in [0.25, 0.3) is 0 Å². The van der Waals surface area contributed by atoms with Crippen LogP contribution in [0, 0.1) is 5.92 Å². The molecule has 2 atom stereocenters. The summed E-state index contributed by atoms with van der Waals surface area (Å²) >= 11 is 0. The summed E-state index contributed by atoms with van der Waals surface area (Å²) in [6.07, 6.45) is 10.5. The van der Waals surface area contributed by atoms with Gasteiger partial charge in [0.05, 0.1) is 12.7 Å². The summed E-state index contributed by atoms with van der Waals surface area (Å²) in [6.45, 7) is 4.87. The molecular weight excluding hydrogens is 374 g/mol. The molecule has 156 valence electrons. The van der Waals surface area contributed by atoms with Crippen LogP contribution in [0.3, 0.4) is 0 Å². The van der Waals surface area contributed by atoms with Crippen molar-refractivity contribution in [3.8, 4) is 0 Å². The largest absolute Gasteiger partial charge is 0.481 e. The molecular formula is C23H34FO3P. The Morgan fingerprint density at radius 2 is 2.04 bits per heavy atom. The number of carboxylic acids is 1. The van der Waals surface area contributed by atoms with Crippen molar-refractivity contribution in [2.75, 3.05) is 6.61 Å². The van der Waals surface area contributed by atoms with Gasteiger partial charge in [-0.1, -0.05) is 20.9 Å². The van der Waals surface area contributed by atoms with Gasteiger partial charge in [-0.3, -0.25) is 4.79 Å². The van der Waals surface area contributed by atoms with Crippen LogP contribution in [-0.2, 0) is 9.53 Å². The van der Waals surface area contributed by atoms with Crippen LogP contribution in [0.1, 0.15) is 78.1 Å². The van der Waals surface area contributed by atoms with Gasteiger partial charge in [0.2, 0.25) is 0 Å². The maximum atomic E-state index is 14.1. The number of ether oxygens (including phenoxy) is 1. The maximum absolute atomic E-state index is 14.1. The van der Waals surface area contributed by atoms with Gasteiger partial charge in [-0.25, -0.2) is 4.39 Å². The number of allylic oxidation sites excluding steroid dienone is 3. The van der Waals surface area contributed by atoms with Crippen LogP contribution in [0.15, 0.2) is 33.9 Å². The van der Waals surface area contributed by atoms with Crippen molar-refractivity contribution >= 4 is 15.2 Å². The Morgan fingerprint density at radius 3 is 2.71 bits per heavy atom. The summed E-state index contributed by atoms with van der Waals surface area (Å²) in [5.41, 5.74) is 6.56. The molecule has 3 aliphatic rings. The predicted octanol–water partition coefficient (Wildman–Crippen LogP) is 6.11. The highest BCUT2D eigenvalue weighted by molar-refractivity contribution is 7.18. The Morgan fingerprint density at radius 1 is 1.32 bits per heavy atom. The maximum Gasteiger partial charge on any atom is 0.303 e. The first kappa shape index (κ1) is 21.7. The number of halogens is 1. The van der Waals surface area contributed by atoms with Gasteiger partial charge in [-0.15, -0.1) is 0 Å². The van der Waals surface area contributed by atoms with E-state index in [-0.39, 0.29) is 12.5 Å². The Bertz CT molecular complexity index is 695. The van der Waals surface area contributed by atoms with E-state index in [0.717, 1.165) is 37.7 Å². The topological polar surface area (TPSA) is 46.5 Å². The molecule has 1 saturated carbocycles. The van der Waals surface area contributed by atoms with Crippen LogP contribution in [0.5, 0.6) is 0 Å². The molecule has 0 aromatic rings. The minimum absolute atomic E-state index is 0.0832. The average molecular weight is 408 g/mol. The van der Waals surface area contributed by atoms with Gasteiger partial charge in [0, 0.05) is 6.42 Å². The molecule has 1 N–H and O–H groups in total. The number of rotatable bonds is 7. The highest BCUT2D eigenvalue weighted by atomic mass is 31.0. The predicted molar refractivity (Wildman–Crippen MR) is 114 cm³/mol. The van der Waals surface area contributed by atoms with Crippen molar-refractivity contribution in [2.24, 2.45) is 5.92 Å². The van der Waals surface area contributed by atoms with Crippen molar-refractivity contribution in [3.05, 3.63) is 33.9 Å². The van der Waals surface area contributed by atoms with E-state index in [1.54, 1.807) is 5.57 Å². The van der Waals surface area contributed by atoms with Gasteiger partial charge in [0.25, 0.3) is 0 Å². The summed E-state index contributed by atoms with van der Waals surface area (Å²) in [4.78, 5) is 10.8. The van der Waals surface area contributed by atoms with Crippen LogP contribution >= 0.6 is 9.24 Å². The van der Waals surface area contributed by atoms with E-state index in [2.05, 4.69) is 29.2 Å². The van der Waals surface area contributed by atoms with Crippen LogP contribution in [-0.4, -0.2) is 29.2 Å². The molecule has 3 aliphatic carbocycles. The van der Waals surface area contributed by atoms with Gasteiger partial charge in [0.1, 0.15) is 5.41 Å². The van der Waals surface area contributed by atoms with Gasteiger partial charge in [-0.05, 0) is 99.8 Å². The van der Waals surface area contributed by atoms with E-state index in [1.165, 1.54) is 23.1 Å². The summed E-state index contributed by atoms with van der Waals surface area (Å²) in [5.74, 6) is -0.211. The second-order valence-corrected chi connectivity index (χ2v) is 9.79. The first-order chi connectivity index (χ1) is 13.3.